The minimum Gasteiger partial charge on any atom is -0.423 e. The molecule has 3 rings (SSSR count). The summed E-state index contributed by atoms with van der Waals surface area (Å²) in [6.07, 6.45) is 0. The zero-order valence-electron chi connectivity index (χ0n) is 12.7. The summed E-state index contributed by atoms with van der Waals surface area (Å²) in [6.45, 7) is 1.81. The van der Waals surface area contributed by atoms with E-state index in [-0.39, 0.29) is 16.9 Å². The lowest BCUT2D eigenvalue weighted by atomic mass is 10.1. The normalized spacial score (nSPS) is 10.5. The van der Waals surface area contributed by atoms with Crippen LogP contribution < -0.4 is 16.1 Å². The van der Waals surface area contributed by atoms with Crippen molar-refractivity contribution < 1.29 is 18.7 Å². The minimum absolute atomic E-state index is 0.195. The summed E-state index contributed by atoms with van der Waals surface area (Å²) in [5.41, 5.74) is 5.48. The Hall–Kier alpha value is -3.41. The van der Waals surface area contributed by atoms with Crippen LogP contribution in [0.1, 0.15) is 26.3 Å². The van der Waals surface area contributed by atoms with E-state index in [1.54, 1.807) is 37.3 Å². The lowest BCUT2D eigenvalue weighted by molar-refractivity contribution is 0.0734. The first kappa shape index (κ1) is 15.5. The molecule has 0 fully saturated rings. The summed E-state index contributed by atoms with van der Waals surface area (Å²) in [6, 6.07) is 12.9. The number of rotatable bonds is 3. The second-order valence-electron chi connectivity index (χ2n) is 5.22. The number of hydrogen-bond acceptors (Lipinski definition) is 5. The number of hydrogen-bond donors (Lipinski definition) is 1. The fraction of sp³-hybridized carbons (Fsp3) is 0.0556. The number of esters is 1. The summed E-state index contributed by atoms with van der Waals surface area (Å²) in [4.78, 5) is 35.1. The van der Waals surface area contributed by atoms with Gasteiger partial charge in [0.2, 0.25) is 0 Å². The van der Waals surface area contributed by atoms with Gasteiger partial charge in [0.05, 0.1) is 5.56 Å². The Bertz CT molecular complexity index is 1020. The molecule has 2 aromatic carbocycles. The highest BCUT2D eigenvalue weighted by molar-refractivity contribution is 5.96. The molecule has 0 aliphatic rings. The molecule has 0 saturated carbocycles. The molecule has 24 heavy (non-hydrogen) atoms. The molecule has 0 saturated heterocycles. The van der Waals surface area contributed by atoms with Crippen molar-refractivity contribution >= 4 is 22.8 Å². The average molecular weight is 323 g/mol. The molecule has 1 amide bonds. The third-order valence-corrected chi connectivity index (χ3v) is 3.55. The van der Waals surface area contributed by atoms with Crippen LogP contribution in [0.25, 0.3) is 11.0 Å². The van der Waals surface area contributed by atoms with Crippen molar-refractivity contribution in [2.24, 2.45) is 5.73 Å². The average Bonchev–Trinajstić information content (AvgIpc) is 2.54. The monoisotopic (exact) mass is 323 g/mol. The molecular formula is C18H13NO5. The number of benzene rings is 2. The number of nitrogens with two attached hydrogens (primary N) is 1. The van der Waals surface area contributed by atoms with Gasteiger partial charge in [-0.2, -0.15) is 0 Å². The fourth-order valence-corrected chi connectivity index (χ4v) is 2.29. The Morgan fingerprint density at radius 2 is 1.79 bits per heavy atom. The summed E-state index contributed by atoms with van der Waals surface area (Å²) < 4.78 is 10.4. The van der Waals surface area contributed by atoms with Crippen molar-refractivity contribution in [3.05, 3.63) is 75.6 Å². The highest BCUT2D eigenvalue weighted by atomic mass is 16.5. The van der Waals surface area contributed by atoms with Gasteiger partial charge in [-0.15, -0.1) is 0 Å². The maximum absolute atomic E-state index is 12.2. The SMILES string of the molecule is Cc1ccccc1C(=O)Oc1ccc2cc(C(N)=O)c(=O)oc2c1. The summed E-state index contributed by atoms with van der Waals surface area (Å²) in [5.74, 6) is -1.14. The van der Waals surface area contributed by atoms with Crippen LogP contribution >= 0.6 is 0 Å². The van der Waals surface area contributed by atoms with Gasteiger partial charge >= 0.3 is 11.6 Å². The lowest BCUT2D eigenvalue weighted by Crippen LogP contribution is -2.20. The first-order valence-corrected chi connectivity index (χ1v) is 7.11. The zero-order valence-corrected chi connectivity index (χ0v) is 12.7. The van der Waals surface area contributed by atoms with Crippen LogP contribution in [0, 0.1) is 6.92 Å². The Morgan fingerprint density at radius 1 is 1.04 bits per heavy atom. The van der Waals surface area contributed by atoms with Crippen molar-refractivity contribution in [2.45, 2.75) is 6.92 Å². The number of fused-ring (bicyclic) bond motifs is 1. The van der Waals surface area contributed by atoms with E-state index in [1.165, 1.54) is 12.1 Å². The molecule has 1 heterocycles. The minimum atomic E-state index is -0.860. The second-order valence-corrected chi connectivity index (χ2v) is 5.22. The highest BCUT2D eigenvalue weighted by Gasteiger charge is 2.14. The number of carbonyl (C=O) groups excluding carboxylic acids is 2. The van der Waals surface area contributed by atoms with Crippen LogP contribution in [-0.4, -0.2) is 11.9 Å². The quantitative estimate of drug-likeness (QED) is 0.453. The van der Waals surface area contributed by atoms with Crippen molar-refractivity contribution in [3.63, 3.8) is 0 Å². The standard InChI is InChI=1S/C18H13NO5/c1-10-4-2-3-5-13(10)17(21)23-12-7-6-11-8-14(16(19)20)18(22)24-15(11)9-12/h2-9H,1H3,(H2,19,20). The van der Waals surface area contributed by atoms with E-state index in [0.29, 0.717) is 10.9 Å². The molecule has 0 aliphatic carbocycles. The van der Waals surface area contributed by atoms with Gasteiger partial charge in [-0.25, -0.2) is 9.59 Å². The van der Waals surface area contributed by atoms with Gasteiger partial charge in [-0.05, 0) is 36.8 Å². The van der Waals surface area contributed by atoms with Gasteiger partial charge in [-0.3, -0.25) is 4.79 Å². The first-order valence-electron chi connectivity index (χ1n) is 7.11. The zero-order chi connectivity index (χ0) is 17.3. The van der Waals surface area contributed by atoms with Crippen LogP contribution in [0.3, 0.4) is 0 Å². The Balaban J connectivity index is 1.95. The Morgan fingerprint density at radius 3 is 2.50 bits per heavy atom. The lowest BCUT2D eigenvalue weighted by Gasteiger charge is -2.07. The molecule has 0 aliphatic heterocycles. The summed E-state index contributed by atoms with van der Waals surface area (Å²) in [5, 5.41) is 0.499. The molecule has 0 radical (unpaired) electrons. The molecule has 0 spiro atoms. The molecule has 6 nitrogen and oxygen atoms in total. The van der Waals surface area contributed by atoms with Gasteiger partial charge in [0, 0.05) is 11.5 Å². The molecular weight excluding hydrogens is 310 g/mol. The molecule has 120 valence electrons. The smallest absolute Gasteiger partial charge is 0.349 e. The van der Waals surface area contributed by atoms with Crippen molar-refractivity contribution in [1.29, 1.82) is 0 Å². The largest absolute Gasteiger partial charge is 0.423 e. The maximum Gasteiger partial charge on any atom is 0.349 e. The number of ether oxygens (including phenoxy) is 1. The van der Waals surface area contributed by atoms with E-state index < -0.39 is 17.5 Å². The van der Waals surface area contributed by atoms with Crippen molar-refractivity contribution in [3.8, 4) is 5.75 Å². The van der Waals surface area contributed by atoms with Gasteiger partial charge in [0.1, 0.15) is 16.9 Å². The molecule has 3 aromatic rings. The number of aryl methyl sites for hydroxylation is 1. The maximum atomic E-state index is 12.2. The molecule has 1 aromatic heterocycles. The van der Waals surface area contributed by atoms with Crippen LogP contribution in [-0.2, 0) is 0 Å². The Kier molecular flexibility index (Phi) is 3.87. The number of primary amides is 1. The summed E-state index contributed by atoms with van der Waals surface area (Å²) in [7, 11) is 0. The topological polar surface area (TPSA) is 99.6 Å². The van der Waals surface area contributed by atoms with E-state index in [0.717, 1.165) is 5.56 Å². The highest BCUT2D eigenvalue weighted by Crippen LogP contribution is 2.22. The van der Waals surface area contributed by atoms with E-state index >= 15 is 0 Å². The van der Waals surface area contributed by atoms with Crippen molar-refractivity contribution in [2.75, 3.05) is 0 Å². The van der Waals surface area contributed by atoms with Crippen LogP contribution in [0.5, 0.6) is 5.75 Å². The number of carbonyl (C=O) groups is 2. The number of amides is 1. The van der Waals surface area contributed by atoms with Crippen LogP contribution in [0.4, 0.5) is 0 Å². The van der Waals surface area contributed by atoms with Crippen LogP contribution in [0.15, 0.2) is 57.7 Å². The molecule has 0 unspecified atom stereocenters. The van der Waals surface area contributed by atoms with Crippen molar-refractivity contribution in [1.82, 2.24) is 0 Å². The third-order valence-electron chi connectivity index (χ3n) is 3.55. The van der Waals surface area contributed by atoms with Crippen LogP contribution in [0.2, 0.25) is 0 Å². The first-order chi connectivity index (χ1) is 11.5. The Labute approximate surface area is 136 Å². The van der Waals surface area contributed by atoms with Gasteiger partial charge in [0.25, 0.3) is 5.91 Å². The predicted molar refractivity (Wildman–Crippen MR) is 87.1 cm³/mol. The second kappa shape index (κ2) is 6.00. The van der Waals surface area contributed by atoms with E-state index in [1.807, 2.05) is 6.07 Å². The van der Waals surface area contributed by atoms with Gasteiger partial charge in [-0.1, -0.05) is 18.2 Å². The van der Waals surface area contributed by atoms with E-state index in [2.05, 4.69) is 0 Å². The van der Waals surface area contributed by atoms with Gasteiger partial charge in [0.15, 0.2) is 0 Å². The molecule has 6 heteroatoms. The van der Waals surface area contributed by atoms with Gasteiger partial charge < -0.3 is 14.9 Å². The molecule has 2 N–H and O–H groups in total. The fourth-order valence-electron chi connectivity index (χ4n) is 2.29. The molecule has 0 atom stereocenters. The summed E-state index contributed by atoms with van der Waals surface area (Å²) >= 11 is 0. The predicted octanol–water partition coefficient (Wildman–Crippen LogP) is 2.42. The van der Waals surface area contributed by atoms with E-state index in [4.69, 9.17) is 14.9 Å². The third kappa shape index (κ3) is 2.89. The van der Waals surface area contributed by atoms with E-state index in [9.17, 15) is 14.4 Å². The molecule has 0 bridgehead atoms.